The summed E-state index contributed by atoms with van der Waals surface area (Å²) in [5, 5.41) is 6.18. The maximum atomic E-state index is 11.6. The third-order valence-electron chi connectivity index (χ3n) is 2.31. The van der Waals surface area contributed by atoms with E-state index in [0.717, 1.165) is 13.2 Å². The molecule has 1 fully saturated rings. The van der Waals surface area contributed by atoms with Crippen molar-refractivity contribution in [1.82, 2.24) is 10.6 Å². The number of amides is 1. The van der Waals surface area contributed by atoms with Crippen LogP contribution < -0.4 is 10.6 Å². The van der Waals surface area contributed by atoms with E-state index in [1.54, 1.807) is 0 Å². The summed E-state index contributed by atoms with van der Waals surface area (Å²) in [5.74, 6) is 0. The highest BCUT2D eigenvalue weighted by molar-refractivity contribution is 5.68. The van der Waals surface area contributed by atoms with Gasteiger partial charge in [0.1, 0.15) is 5.60 Å². The van der Waals surface area contributed by atoms with Crippen LogP contribution in [0.4, 0.5) is 4.79 Å². The van der Waals surface area contributed by atoms with E-state index >= 15 is 0 Å². The van der Waals surface area contributed by atoms with Crippen LogP contribution in [0, 0.1) is 0 Å². The van der Waals surface area contributed by atoms with Crippen LogP contribution in [0.1, 0.15) is 34.6 Å². The largest absolute Gasteiger partial charge is 0.444 e. The minimum absolute atomic E-state index is 0.335. The van der Waals surface area contributed by atoms with E-state index in [4.69, 9.17) is 9.47 Å². The number of rotatable bonds is 4. The second-order valence-electron chi connectivity index (χ2n) is 6.13. The highest BCUT2D eigenvalue weighted by Gasteiger charge is 2.26. The van der Waals surface area contributed by atoms with Gasteiger partial charge in [-0.25, -0.2) is 4.79 Å². The second-order valence-corrected chi connectivity index (χ2v) is 6.13. The molecule has 1 saturated heterocycles. The molecule has 0 aliphatic carbocycles. The van der Waals surface area contributed by atoms with Gasteiger partial charge in [-0.2, -0.15) is 0 Å². The molecule has 5 nitrogen and oxygen atoms in total. The molecule has 1 aliphatic heterocycles. The summed E-state index contributed by atoms with van der Waals surface area (Å²) in [4.78, 5) is 11.6. The topological polar surface area (TPSA) is 59.6 Å². The monoisotopic (exact) mass is 244 g/mol. The normalized spacial score (nSPS) is 17.5. The average molecular weight is 244 g/mol. The first kappa shape index (κ1) is 14.3. The lowest BCUT2D eigenvalue weighted by Gasteiger charge is -2.33. The maximum Gasteiger partial charge on any atom is 0.408 e. The molecule has 0 saturated carbocycles. The van der Waals surface area contributed by atoms with Crippen molar-refractivity contribution in [2.24, 2.45) is 0 Å². The number of hydrogen-bond acceptors (Lipinski definition) is 4. The summed E-state index contributed by atoms with van der Waals surface area (Å²) >= 11 is 0. The molecule has 0 aromatic rings. The summed E-state index contributed by atoms with van der Waals surface area (Å²) < 4.78 is 10.3. The molecule has 0 bridgehead atoms. The first-order valence-electron chi connectivity index (χ1n) is 6.00. The molecule has 0 unspecified atom stereocenters. The zero-order valence-corrected chi connectivity index (χ0v) is 11.4. The van der Waals surface area contributed by atoms with Crippen LogP contribution in [0.2, 0.25) is 0 Å². The molecule has 1 amide bonds. The summed E-state index contributed by atoms with van der Waals surface area (Å²) in [6.07, 6.45) is -0.380. The number of carbonyl (C=O) groups is 1. The summed E-state index contributed by atoms with van der Waals surface area (Å²) in [6, 6.07) is 0.412. The third kappa shape index (κ3) is 5.89. The number of ether oxygens (including phenoxy) is 2. The van der Waals surface area contributed by atoms with Crippen LogP contribution in [0.15, 0.2) is 0 Å². The van der Waals surface area contributed by atoms with E-state index in [0.29, 0.717) is 12.6 Å². The van der Waals surface area contributed by atoms with Gasteiger partial charge in [-0.3, -0.25) is 0 Å². The lowest BCUT2D eigenvalue weighted by molar-refractivity contribution is -0.00767. The molecular formula is C12H24N2O3. The third-order valence-corrected chi connectivity index (χ3v) is 2.31. The Bertz CT molecular complexity index is 267. The van der Waals surface area contributed by atoms with Crippen molar-refractivity contribution in [3.05, 3.63) is 0 Å². The molecule has 0 spiro atoms. The fourth-order valence-corrected chi connectivity index (χ4v) is 1.38. The molecule has 1 heterocycles. The molecule has 0 aromatic heterocycles. The SMILES string of the molecule is CC(C)(CNC1COC1)NC(=O)OC(C)(C)C. The van der Waals surface area contributed by atoms with Gasteiger partial charge in [0.25, 0.3) is 0 Å². The Hall–Kier alpha value is -0.810. The smallest absolute Gasteiger partial charge is 0.408 e. The van der Waals surface area contributed by atoms with E-state index in [2.05, 4.69) is 10.6 Å². The van der Waals surface area contributed by atoms with Crippen LogP contribution in [0.3, 0.4) is 0 Å². The van der Waals surface area contributed by atoms with E-state index in [-0.39, 0.29) is 11.6 Å². The minimum Gasteiger partial charge on any atom is -0.444 e. The zero-order chi connectivity index (χ0) is 13.1. The number of alkyl carbamates (subject to hydrolysis) is 1. The minimum atomic E-state index is -0.463. The van der Waals surface area contributed by atoms with Crippen molar-refractivity contribution in [2.75, 3.05) is 19.8 Å². The Morgan fingerprint density at radius 3 is 2.29 bits per heavy atom. The van der Waals surface area contributed by atoms with Crippen molar-refractivity contribution in [3.63, 3.8) is 0 Å². The van der Waals surface area contributed by atoms with Gasteiger partial charge < -0.3 is 20.1 Å². The Kier molecular flexibility index (Phi) is 4.38. The molecule has 100 valence electrons. The molecule has 0 aromatic carbocycles. The summed E-state index contributed by atoms with van der Waals surface area (Å²) in [5.41, 5.74) is -0.798. The Morgan fingerprint density at radius 2 is 1.88 bits per heavy atom. The Labute approximate surface area is 103 Å². The van der Waals surface area contributed by atoms with E-state index < -0.39 is 5.60 Å². The van der Waals surface area contributed by atoms with E-state index in [1.807, 2.05) is 34.6 Å². The molecule has 2 N–H and O–H groups in total. The van der Waals surface area contributed by atoms with Gasteiger partial charge in [0, 0.05) is 6.54 Å². The molecule has 5 heteroatoms. The van der Waals surface area contributed by atoms with Crippen LogP contribution in [-0.2, 0) is 9.47 Å². The lowest BCUT2D eigenvalue weighted by atomic mass is 10.1. The van der Waals surface area contributed by atoms with E-state index in [9.17, 15) is 4.79 Å². The fourth-order valence-electron chi connectivity index (χ4n) is 1.38. The van der Waals surface area contributed by atoms with Crippen molar-refractivity contribution < 1.29 is 14.3 Å². The quantitative estimate of drug-likeness (QED) is 0.782. The van der Waals surface area contributed by atoms with Crippen LogP contribution in [0.25, 0.3) is 0 Å². The van der Waals surface area contributed by atoms with Crippen LogP contribution in [-0.4, -0.2) is 43.0 Å². The maximum absolute atomic E-state index is 11.6. The number of nitrogens with one attached hydrogen (secondary N) is 2. The summed E-state index contributed by atoms with van der Waals surface area (Å²) in [6.45, 7) is 11.7. The molecule has 0 atom stereocenters. The predicted octanol–water partition coefficient (Wildman–Crippen LogP) is 1.28. The van der Waals surface area contributed by atoms with Gasteiger partial charge >= 0.3 is 6.09 Å². The standard InChI is InChI=1S/C12H24N2O3/c1-11(2,3)17-10(15)14-12(4,5)8-13-9-6-16-7-9/h9,13H,6-8H2,1-5H3,(H,14,15). The van der Waals surface area contributed by atoms with Crippen molar-refractivity contribution in [1.29, 1.82) is 0 Å². The highest BCUT2D eigenvalue weighted by atomic mass is 16.6. The zero-order valence-electron chi connectivity index (χ0n) is 11.4. The lowest BCUT2D eigenvalue weighted by Crippen LogP contribution is -2.56. The van der Waals surface area contributed by atoms with Gasteiger partial charge in [-0.15, -0.1) is 0 Å². The Balaban J connectivity index is 2.28. The first-order chi connectivity index (χ1) is 7.68. The van der Waals surface area contributed by atoms with Gasteiger partial charge in [-0.1, -0.05) is 0 Å². The predicted molar refractivity (Wildman–Crippen MR) is 66.1 cm³/mol. The van der Waals surface area contributed by atoms with Crippen molar-refractivity contribution in [3.8, 4) is 0 Å². The second kappa shape index (κ2) is 5.23. The van der Waals surface area contributed by atoms with Crippen LogP contribution in [0.5, 0.6) is 0 Å². The van der Waals surface area contributed by atoms with Gasteiger partial charge in [0.05, 0.1) is 24.8 Å². The summed E-state index contributed by atoms with van der Waals surface area (Å²) in [7, 11) is 0. The van der Waals surface area contributed by atoms with Gasteiger partial charge in [0.2, 0.25) is 0 Å². The molecule has 1 rings (SSSR count). The van der Waals surface area contributed by atoms with Crippen molar-refractivity contribution in [2.45, 2.75) is 51.8 Å². The average Bonchev–Trinajstić information content (AvgIpc) is 1.94. The highest BCUT2D eigenvalue weighted by Crippen LogP contribution is 2.09. The molecular weight excluding hydrogens is 220 g/mol. The number of carbonyl (C=O) groups excluding carboxylic acids is 1. The first-order valence-corrected chi connectivity index (χ1v) is 6.00. The molecule has 1 aliphatic rings. The van der Waals surface area contributed by atoms with Crippen molar-refractivity contribution >= 4 is 6.09 Å². The van der Waals surface area contributed by atoms with Crippen LogP contribution >= 0.6 is 0 Å². The van der Waals surface area contributed by atoms with Gasteiger partial charge in [0.15, 0.2) is 0 Å². The molecule has 0 radical (unpaired) electrons. The fraction of sp³-hybridized carbons (Fsp3) is 0.917. The Morgan fingerprint density at radius 1 is 1.29 bits per heavy atom. The number of hydrogen-bond donors (Lipinski definition) is 2. The van der Waals surface area contributed by atoms with Gasteiger partial charge in [-0.05, 0) is 34.6 Å². The molecule has 17 heavy (non-hydrogen) atoms. The van der Waals surface area contributed by atoms with E-state index in [1.165, 1.54) is 0 Å².